The number of ether oxygens (including phenoxy) is 2. The summed E-state index contributed by atoms with van der Waals surface area (Å²) < 4.78 is 14.6. The summed E-state index contributed by atoms with van der Waals surface area (Å²) in [5.41, 5.74) is 4.04. The number of benzene rings is 2. The Hall–Kier alpha value is -5.08. The van der Waals surface area contributed by atoms with Gasteiger partial charge in [-0.05, 0) is 113 Å². The minimum Gasteiger partial charge on any atom is -0.444 e. The van der Waals surface area contributed by atoms with E-state index in [1.807, 2.05) is 47.1 Å². The molecule has 0 aliphatic carbocycles. The van der Waals surface area contributed by atoms with Crippen LogP contribution in [-0.2, 0) is 48.5 Å². The molecule has 2 amide bonds. The Morgan fingerprint density at radius 2 is 1.35 bits per heavy atom. The quantitative estimate of drug-likeness (QED) is 0.0525. The molecular formula is C55H79N7O7. The molecule has 0 N–H and O–H groups in total. The Kier molecular flexibility index (Phi) is 19.3. The molecule has 3 fully saturated rings. The van der Waals surface area contributed by atoms with Crippen LogP contribution >= 0.6 is 0 Å². The molecular weight excluding hydrogens is 871 g/mol. The zero-order valence-electron chi connectivity index (χ0n) is 42.1. The maximum atomic E-state index is 14.7. The Morgan fingerprint density at radius 3 is 2.01 bits per heavy atom. The number of aryl methyl sites for hydroxylation is 1. The largest absolute Gasteiger partial charge is 0.444 e. The highest BCUT2D eigenvalue weighted by Crippen LogP contribution is 2.31. The fourth-order valence-electron chi connectivity index (χ4n) is 10.9. The van der Waals surface area contributed by atoms with E-state index in [-0.39, 0.29) is 55.1 Å². The number of unbranched alkanes of at least 4 members (excludes halogenated alkanes) is 8. The molecule has 7 rings (SSSR count). The summed E-state index contributed by atoms with van der Waals surface area (Å²) >= 11 is 0. The number of pyridine rings is 1. The van der Waals surface area contributed by atoms with Gasteiger partial charge in [0, 0.05) is 75.5 Å². The van der Waals surface area contributed by atoms with E-state index in [0.29, 0.717) is 69.9 Å². The number of rotatable bonds is 23. The van der Waals surface area contributed by atoms with Crippen molar-refractivity contribution in [3.8, 4) is 0 Å². The summed E-state index contributed by atoms with van der Waals surface area (Å²) in [7, 11) is 2.18. The minimum atomic E-state index is -0.554. The molecule has 4 aromatic rings. The molecule has 1 atom stereocenters. The molecule has 0 saturated carbocycles. The zero-order chi connectivity index (χ0) is 48.7. The van der Waals surface area contributed by atoms with Crippen molar-refractivity contribution in [3.05, 3.63) is 75.7 Å². The Bertz CT molecular complexity index is 2390. The zero-order valence-corrected chi connectivity index (χ0v) is 42.1. The van der Waals surface area contributed by atoms with Crippen molar-refractivity contribution in [2.24, 2.45) is 5.92 Å². The van der Waals surface area contributed by atoms with Gasteiger partial charge in [-0.2, -0.15) is 5.10 Å². The highest BCUT2D eigenvalue weighted by molar-refractivity contribution is 5.87. The number of carbonyl (C=O) groups excluding carboxylic acids is 4. The maximum absolute atomic E-state index is 14.7. The number of fused-ring (bicyclic) bond motifs is 2. The number of likely N-dealkylation sites (tertiary alicyclic amines) is 2. The molecule has 3 saturated heterocycles. The van der Waals surface area contributed by atoms with E-state index < -0.39 is 5.92 Å². The van der Waals surface area contributed by atoms with Gasteiger partial charge in [0.1, 0.15) is 0 Å². The van der Waals surface area contributed by atoms with Gasteiger partial charge in [0.2, 0.25) is 11.8 Å². The summed E-state index contributed by atoms with van der Waals surface area (Å²) in [6.45, 7) is 12.4. The summed E-state index contributed by atoms with van der Waals surface area (Å²) in [5.74, 6) is -1.17. The van der Waals surface area contributed by atoms with Gasteiger partial charge in [-0.1, -0.05) is 89.5 Å². The molecule has 69 heavy (non-hydrogen) atoms. The second-order valence-corrected chi connectivity index (χ2v) is 20.2. The number of aromatic nitrogens is 3. The molecule has 3 aliphatic heterocycles. The van der Waals surface area contributed by atoms with Crippen molar-refractivity contribution >= 4 is 45.6 Å². The lowest BCUT2D eigenvalue weighted by atomic mass is 9.88. The van der Waals surface area contributed by atoms with Gasteiger partial charge in [-0.3, -0.25) is 33.4 Å². The third-order valence-electron chi connectivity index (χ3n) is 15.1. The third-order valence-corrected chi connectivity index (χ3v) is 15.1. The van der Waals surface area contributed by atoms with Crippen LogP contribution in [0.5, 0.6) is 0 Å². The van der Waals surface area contributed by atoms with Crippen LogP contribution in [0.3, 0.4) is 0 Å². The second kappa shape index (κ2) is 25.7. The first kappa shape index (κ1) is 51.8. The smallest absolute Gasteiger partial charge is 0.307 e. The molecule has 0 unspecified atom stereocenters. The van der Waals surface area contributed by atoms with Gasteiger partial charge >= 0.3 is 11.9 Å². The maximum Gasteiger partial charge on any atom is 0.307 e. The lowest BCUT2D eigenvalue weighted by Gasteiger charge is -2.43. The van der Waals surface area contributed by atoms with Crippen molar-refractivity contribution in [3.63, 3.8) is 0 Å². The molecule has 5 heterocycles. The van der Waals surface area contributed by atoms with Gasteiger partial charge in [0.05, 0.1) is 23.1 Å². The predicted molar refractivity (Wildman–Crippen MR) is 271 cm³/mol. The number of hydrogen-bond donors (Lipinski definition) is 0. The number of amides is 2. The number of piperazine rings is 1. The highest BCUT2D eigenvalue weighted by Gasteiger charge is 2.34. The van der Waals surface area contributed by atoms with Crippen LogP contribution in [0.2, 0.25) is 0 Å². The standard InChI is InChI=1S/C55H79N7O7/c1-5-7-9-11-13-19-51(64)68-39-61-49-18-16-15-17-44(49)36-48(55(61)67)43-21-27-59(28-22-43)50(63)37-45(54(66)60-31-29-58(30-32-60)47-23-25-57(4)26-24-47)34-42-33-41(3)53-46(35-42)38-56-62(53)40-69-52(65)20-14-12-10-8-6-2/h15-18,33,35-36,38,43,45,47H,5-14,19-32,34,37,39-40H2,1-4H3/t45-/m0/s1. The second-order valence-electron chi connectivity index (χ2n) is 20.2. The van der Waals surface area contributed by atoms with Crippen LogP contribution in [0, 0.1) is 12.8 Å². The summed E-state index contributed by atoms with van der Waals surface area (Å²) in [6.07, 6.45) is 17.0. The first-order valence-electron chi connectivity index (χ1n) is 26.4. The fourth-order valence-corrected chi connectivity index (χ4v) is 10.9. The normalized spacial score (nSPS) is 17.2. The van der Waals surface area contributed by atoms with Gasteiger partial charge < -0.3 is 24.2 Å². The monoisotopic (exact) mass is 950 g/mol. The molecule has 14 heteroatoms. The molecule has 0 bridgehead atoms. The predicted octanol–water partition coefficient (Wildman–Crippen LogP) is 8.58. The van der Waals surface area contributed by atoms with E-state index in [0.717, 1.165) is 130 Å². The fraction of sp³-hybridized carbons (Fsp3) is 0.636. The van der Waals surface area contributed by atoms with Crippen molar-refractivity contribution in [1.29, 1.82) is 0 Å². The number of esters is 2. The number of para-hydroxylation sites is 1. The van der Waals surface area contributed by atoms with Gasteiger partial charge in [-0.15, -0.1) is 0 Å². The first-order chi connectivity index (χ1) is 33.5. The first-order valence-corrected chi connectivity index (χ1v) is 26.4. The molecule has 2 aromatic carbocycles. The molecule has 0 spiro atoms. The summed E-state index contributed by atoms with van der Waals surface area (Å²) in [6, 6.07) is 14.3. The highest BCUT2D eigenvalue weighted by atomic mass is 16.5. The van der Waals surface area contributed by atoms with Crippen LogP contribution in [0.1, 0.15) is 146 Å². The van der Waals surface area contributed by atoms with Crippen LogP contribution in [0.4, 0.5) is 0 Å². The van der Waals surface area contributed by atoms with Crippen molar-refractivity contribution < 1.29 is 28.7 Å². The molecule has 0 radical (unpaired) electrons. The average molecular weight is 950 g/mol. The SMILES string of the molecule is CCCCCCCC(=O)OCn1ncc2cc(C[C@@H](CC(=O)N3CCC(c4cc5ccccc5n(COC(=O)CCCCCCC)c4=O)CC3)C(=O)N3CCN(C4CCN(C)CC4)CC3)cc(C)c21. The Morgan fingerprint density at radius 1 is 0.710 bits per heavy atom. The molecule has 376 valence electrons. The Labute approximate surface area is 409 Å². The topological polar surface area (TPSA) is 140 Å². The van der Waals surface area contributed by atoms with E-state index in [1.54, 1.807) is 15.4 Å². The summed E-state index contributed by atoms with van der Waals surface area (Å²) in [5, 5.41) is 6.38. The van der Waals surface area contributed by atoms with Crippen LogP contribution < -0.4 is 5.56 Å². The van der Waals surface area contributed by atoms with Crippen LogP contribution in [0.25, 0.3) is 21.8 Å². The van der Waals surface area contributed by atoms with E-state index in [9.17, 15) is 24.0 Å². The molecule has 3 aliphatic rings. The number of piperidine rings is 2. The van der Waals surface area contributed by atoms with Gasteiger partial charge in [0.15, 0.2) is 13.5 Å². The third kappa shape index (κ3) is 14.0. The van der Waals surface area contributed by atoms with Gasteiger partial charge in [0.25, 0.3) is 5.56 Å². The summed E-state index contributed by atoms with van der Waals surface area (Å²) in [4.78, 5) is 77.3. The van der Waals surface area contributed by atoms with Crippen molar-refractivity contribution in [1.82, 2.24) is 33.9 Å². The number of carbonyl (C=O) groups is 4. The molecule has 14 nitrogen and oxygen atoms in total. The average Bonchev–Trinajstić information content (AvgIpc) is 3.78. The number of nitrogens with zero attached hydrogens (tertiary/aromatic N) is 7. The van der Waals surface area contributed by atoms with Crippen molar-refractivity contribution in [2.45, 2.75) is 162 Å². The van der Waals surface area contributed by atoms with Gasteiger partial charge in [-0.25, -0.2) is 4.68 Å². The van der Waals surface area contributed by atoms with E-state index in [1.165, 1.54) is 6.42 Å². The van der Waals surface area contributed by atoms with Crippen molar-refractivity contribution in [2.75, 3.05) is 59.4 Å². The molecule has 2 aromatic heterocycles. The lowest BCUT2D eigenvalue weighted by molar-refractivity contribution is -0.148. The Balaban J connectivity index is 1.01. The van der Waals surface area contributed by atoms with Crippen LogP contribution in [0.15, 0.2) is 53.5 Å². The van der Waals surface area contributed by atoms with Crippen LogP contribution in [-0.4, -0.2) is 123 Å². The lowest BCUT2D eigenvalue weighted by Crippen LogP contribution is -2.55. The van der Waals surface area contributed by atoms with E-state index in [2.05, 4.69) is 47.9 Å². The van der Waals surface area contributed by atoms with E-state index in [4.69, 9.17) is 9.47 Å². The van der Waals surface area contributed by atoms with E-state index >= 15 is 0 Å². The minimum absolute atomic E-state index is 0.0187. The number of hydrogen-bond acceptors (Lipinski definition) is 10.